The first-order valence-electron chi connectivity index (χ1n) is 6.36. The first kappa shape index (κ1) is 18.5. The normalized spacial score (nSPS) is 7.94. The highest BCUT2D eigenvalue weighted by molar-refractivity contribution is 7.18. The van der Waals surface area contributed by atoms with Gasteiger partial charge in [-0.25, -0.2) is 0 Å². The van der Waals surface area contributed by atoms with Crippen molar-refractivity contribution in [3.8, 4) is 0 Å². The lowest BCUT2D eigenvalue weighted by Gasteiger charge is -1.94. The standard InChI is InChI=1S/C8H6BNS.3C2H6/c1-5-2-10-3-7-8(5)6(9)4-11-7;3*1-2/h2-4H,1H3;3*1-2H3. The van der Waals surface area contributed by atoms with E-state index >= 15 is 0 Å². The van der Waals surface area contributed by atoms with Gasteiger partial charge >= 0.3 is 0 Å². The van der Waals surface area contributed by atoms with E-state index in [0.29, 0.717) is 0 Å². The molecule has 1 nitrogen and oxygen atoms in total. The average Bonchev–Trinajstić information content (AvgIpc) is 2.80. The van der Waals surface area contributed by atoms with Gasteiger partial charge in [0.2, 0.25) is 0 Å². The highest BCUT2D eigenvalue weighted by Crippen LogP contribution is 2.19. The molecule has 0 spiro atoms. The van der Waals surface area contributed by atoms with Gasteiger partial charge in [-0.1, -0.05) is 47.0 Å². The molecule has 0 amide bonds. The molecule has 2 heterocycles. The SMILES string of the molecule is CC.CC.CC.[B]c1csc2cncc(C)c12. The molecule has 94 valence electrons. The van der Waals surface area contributed by atoms with Crippen LogP contribution in [0.25, 0.3) is 10.1 Å². The van der Waals surface area contributed by atoms with E-state index in [9.17, 15) is 0 Å². The van der Waals surface area contributed by atoms with E-state index in [4.69, 9.17) is 7.85 Å². The van der Waals surface area contributed by atoms with Gasteiger partial charge in [0.05, 0.1) is 4.70 Å². The molecule has 2 rings (SSSR count). The lowest BCUT2D eigenvalue weighted by Crippen LogP contribution is -1.98. The Kier molecular flexibility index (Phi) is 12.7. The van der Waals surface area contributed by atoms with Gasteiger partial charge in [-0.05, 0) is 23.3 Å². The first-order valence-corrected chi connectivity index (χ1v) is 7.24. The van der Waals surface area contributed by atoms with Gasteiger partial charge < -0.3 is 0 Å². The van der Waals surface area contributed by atoms with Gasteiger partial charge in [0.25, 0.3) is 0 Å². The van der Waals surface area contributed by atoms with Crippen molar-refractivity contribution in [1.82, 2.24) is 4.98 Å². The third-order valence-corrected chi connectivity index (χ3v) is 2.64. The predicted octanol–water partition coefficient (Wildman–Crippen LogP) is 4.48. The van der Waals surface area contributed by atoms with Crippen molar-refractivity contribution in [2.75, 3.05) is 0 Å². The van der Waals surface area contributed by atoms with Gasteiger partial charge in [-0.2, -0.15) is 0 Å². The largest absolute Gasteiger partial charge is 0.263 e. The monoisotopic (exact) mass is 249 g/mol. The van der Waals surface area contributed by atoms with E-state index in [1.807, 2.05) is 66.2 Å². The van der Waals surface area contributed by atoms with Crippen molar-refractivity contribution >= 4 is 34.7 Å². The molecule has 2 radical (unpaired) electrons. The first-order chi connectivity index (χ1) is 8.29. The predicted molar refractivity (Wildman–Crippen MR) is 83.8 cm³/mol. The molecule has 0 aliphatic carbocycles. The molecule has 0 aliphatic rings. The molecule has 0 saturated heterocycles. The summed E-state index contributed by atoms with van der Waals surface area (Å²) in [6.07, 6.45) is 3.69. The number of nitrogens with zero attached hydrogens (tertiary/aromatic N) is 1. The second-order valence-corrected chi connectivity index (χ2v) is 3.43. The fourth-order valence-corrected chi connectivity index (χ4v) is 2.08. The zero-order chi connectivity index (χ0) is 13.8. The number of thiophene rings is 1. The van der Waals surface area contributed by atoms with Crippen LogP contribution in [0.15, 0.2) is 17.8 Å². The highest BCUT2D eigenvalue weighted by Gasteiger charge is 2.01. The number of rotatable bonds is 0. The summed E-state index contributed by atoms with van der Waals surface area (Å²) in [6.45, 7) is 14.0. The Labute approximate surface area is 112 Å². The van der Waals surface area contributed by atoms with Crippen molar-refractivity contribution in [3.63, 3.8) is 0 Å². The van der Waals surface area contributed by atoms with Crippen LogP contribution in [0.3, 0.4) is 0 Å². The van der Waals surface area contributed by atoms with E-state index in [1.54, 1.807) is 11.3 Å². The zero-order valence-corrected chi connectivity index (χ0v) is 13.0. The maximum Gasteiger partial charge on any atom is 0.115 e. The molecule has 0 aromatic carbocycles. The van der Waals surface area contributed by atoms with Gasteiger partial charge in [0.1, 0.15) is 7.85 Å². The van der Waals surface area contributed by atoms with Gasteiger partial charge in [-0.3, -0.25) is 4.98 Å². The summed E-state index contributed by atoms with van der Waals surface area (Å²) in [5.41, 5.74) is 2.02. The number of fused-ring (bicyclic) bond motifs is 1. The molecule has 0 aliphatic heterocycles. The number of hydrogen-bond donors (Lipinski definition) is 0. The van der Waals surface area contributed by atoms with Crippen molar-refractivity contribution in [2.24, 2.45) is 0 Å². The minimum Gasteiger partial charge on any atom is -0.263 e. The number of aryl methyl sites for hydroxylation is 1. The van der Waals surface area contributed by atoms with Gasteiger partial charge in [0, 0.05) is 12.4 Å². The van der Waals surface area contributed by atoms with Crippen LogP contribution in [0, 0.1) is 6.92 Å². The summed E-state index contributed by atoms with van der Waals surface area (Å²) in [7, 11) is 5.76. The van der Waals surface area contributed by atoms with Gasteiger partial charge in [-0.15, -0.1) is 11.3 Å². The molecule has 3 heteroatoms. The minimum atomic E-state index is 0.866. The molecule has 0 N–H and O–H groups in total. The second kappa shape index (κ2) is 11.7. The van der Waals surface area contributed by atoms with Crippen molar-refractivity contribution < 1.29 is 0 Å². The number of pyridine rings is 1. The average molecular weight is 249 g/mol. The van der Waals surface area contributed by atoms with Crippen molar-refractivity contribution in [3.05, 3.63) is 23.3 Å². The molecule has 0 atom stereocenters. The summed E-state index contributed by atoms with van der Waals surface area (Å²) in [6, 6.07) is 0. The fourth-order valence-electron chi connectivity index (χ4n) is 1.19. The topological polar surface area (TPSA) is 12.9 Å². The van der Waals surface area contributed by atoms with Gasteiger partial charge in [0.15, 0.2) is 0 Å². The quantitative estimate of drug-likeness (QED) is 0.627. The molecule has 0 fully saturated rings. The Hall–Kier alpha value is -0.825. The lowest BCUT2D eigenvalue weighted by atomic mass is 9.94. The van der Waals surface area contributed by atoms with Crippen LogP contribution in [0.2, 0.25) is 0 Å². The minimum absolute atomic E-state index is 0.866. The molecular formula is C14H24BNS. The Balaban J connectivity index is 0. The lowest BCUT2D eigenvalue weighted by molar-refractivity contribution is 1.32. The number of aromatic nitrogens is 1. The maximum atomic E-state index is 5.76. The molecular weight excluding hydrogens is 225 g/mol. The second-order valence-electron chi connectivity index (χ2n) is 2.52. The third kappa shape index (κ3) is 5.36. The summed E-state index contributed by atoms with van der Waals surface area (Å²) in [5, 5.41) is 3.12. The van der Waals surface area contributed by atoms with Crippen LogP contribution in [0.5, 0.6) is 0 Å². The summed E-state index contributed by atoms with van der Waals surface area (Å²) >= 11 is 1.64. The smallest absolute Gasteiger partial charge is 0.115 e. The van der Waals surface area contributed by atoms with Crippen LogP contribution in [-0.4, -0.2) is 12.8 Å². The molecule has 17 heavy (non-hydrogen) atoms. The molecule has 2 aromatic rings. The van der Waals surface area contributed by atoms with Crippen molar-refractivity contribution in [1.29, 1.82) is 0 Å². The van der Waals surface area contributed by atoms with Crippen LogP contribution in [-0.2, 0) is 0 Å². The summed E-state index contributed by atoms with van der Waals surface area (Å²) in [4.78, 5) is 4.08. The summed E-state index contributed by atoms with van der Waals surface area (Å²) in [5.74, 6) is 0. The maximum absolute atomic E-state index is 5.76. The highest BCUT2D eigenvalue weighted by atomic mass is 32.1. The van der Waals surface area contributed by atoms with Crippen LogP contribution < -0.4 is 5.46 Å². The third-order valence-electron chi connectivity index (χ3n) is 1.70. The Bertz CT molecular complexity index is 396. The fraction of sp³-hybridized carbons (Fsp3) is 0.500. The van der Waals surface area contributed by atoms with Crippen molar-refractivity contribution in [2.45, 2.75) is 48.5 Å². The Morgan fingerprint density at radius 2 is 1.53 bits per heavy atom. The zero-order valence-electron chi connectivity index (χ0n) is 12.2. The Morgan fingerprint density at radius 1 is 1.00 bits per heavy atom. The van der Waals surface area contributed by atoms with E-state index < -0.39 is 0 Å². The molecule has 0 saturated carbocycles. The van der Waals surface area contributed by atoms with E-state index in [1.165, 1.54) is 4.70 Å². The Morgan fingerprint density at radius 3 is 2.00 bits per heavy atom. The van der Waals surface area contributed by atoms with E-state index in [-0.39, 0.29) is 0 Å². The molecule has 2 aromatic heterocycles. The molecule has 0 bridgehead atoms. The summed E-state index contributed by atoms with van der Waals surface area (Å²) < 4.78 is 1.17. The molecule has 0 unspecified atom stereocenters. The van der Waals surface area contributed by atoms with E-state index in [2.05, 4.69) is 4.98 Å². The van der Waals surface area contributed by atoms with Crippen LogP contribution in [0.4, 0.5) is 0 Å². The number of hydrogen-bond acceptors (Lipinski definition) is 2. The van der Waals surface area contributed by atoms with Crippen LogP contribution in [0.1, 0.15) is 47.1 Å². The van der Waals surface area contributed by atoms with Crippen LogP contribution >= 0.6 is 11.3 Å². The van der Waals surface area contributed by atoms with E-state index in [0.717, 1.165) is 16.4 Å².